The molecule has 0 N–H and O–H groups in total. The van der Waals surface area contributed by atoms with E-state index in [4.69, 9.17) is 0 Å². The Labute approximate surface area is 89.6 Å². The van der Waals surface area contributed by atoms with E-state index in [1.54, 1.807) is 0 Å². The van der Waals surface area contributed by atoms with Crippen LogP contribution in [0.25, 0.3) is 5.69 Å². The molecule has 2 heteroatoms. The Hall–Kier alpha value is -1.57. The summed E-state index contributed by atoms with van der Waals surface area (Å²) in [6.07, 6.45) is 3.90. The largest absolute Gasteiger partial charge is 0.302 e. The van der Waals surface area contributed by atoms with E-state index in [0.29, 0.717) is 11.8 Å². The van der Waals surface area contributed by atoms with Crippen LogP contribution < -0.4 is 0 Å². The Kier molecular flexibility index (Phi) is 1.72. The fourth-order valence-corrected chi connectivity index (χ4v) is 2.57. The van der Waals surface area contributed by atoms with Crippen LogP contribution in [0.3, 0.4) is 0 Å². The first kappa shape index (κ1) is 8.72. The van der Waals surface area contributed by atoms with Crippen molar-refractivity contribution in [2.45, 2.75) is 19.8 Å². The number of hydrogen-bond donors (Lipinski definition) is 0. The summed E-state index contributed by atoms with van der Waals surface area (Å²) in [7, 11) is 0. The van der Waals surface area contributed by atoms with Gasteiger partial charge in [0.1, 0.15) is 0 Å². The van der Waals surface area contributed by atoms with E-state index >= 15 is 0 Å². The van der Waals surface area contributed by atoms with E-state index in [0.717, 1.165) is 0 Å². The first-order valence-electron chi connectivity index (χ1n) is 5.40. The molecule has 0 radical (unpaired) electrons. The minimum atomic E-state index is 0.503. The van der Waals surface area contributed by atoms with Crippen molar-refractivity contribution in [1.82, 2.24) is 9.55 Å². The summed E-state index contributed by atoms with van der Waals surface area (Å²) in [6.45, 7) is 4.54. The highest BCUT2D eigenvalue weighted by Crippen LogP contribution is 2.41. The Morgan fingerprint density at radius 2 is 2.07 bits per heavy atom. The van der Waals surface area contributed by atoms with Gasteiger partial charge in [0.2, 0.25) is 0 Å². The third-order valence-electron chi connectivity index (χ3n) is 3.18. The molecule has 1 unspecified atom stereocenters. The number of hydrogen-bond acceptors (Lipinski definition) is 1. The van der Waals surface area contributed by atoms with E-state index in [1.807, 2.05) is 12.5 Å². The monoisotopic (exact) mass is 198 g/mol. The van der Waals surface area contributed by atoms with Crippen LogP contribution >= 0.6 is 0 Å². The van der Waals surface area contributed by atoms with Gasteiger partial charge >= 0.3 is 0 Å². The Balaban J connectivity index is 2.28. The van der Waals surface area contributed by atoms with Gasteiger partial charge in [0, 0.05) is 12.1 Å². The second-order valence-electron chi connectivity index (χ2n) is 4.47. The van der Waals surface area contributed by atoms with Gasteiger partial charge < -0.3 is 4.57 Å². The highest BCUT2D eigenvalue weighted by molar-refractivity contribution is 5.53. The highest BCUT2D eigenvalue weighted by Gasteiger charge is 2.30. The molecule has 3 rings (SSSR count). The van der Waals surface area contributed by atoms with Gasteiger partial charge in [-0.1, -0.05) is 32.0 Å². The van der Waals surface area contributed by atoms with Crippen molar-refractivity contribution < 1.29 is 0 Å². The molecule has 1 atom stereocenters. The summed E-state index contributed by atoms with van der Waals surface area (Å²) in [4.78, 5) is 4.24. The number of rotatable bonds is 1. The minimum absolute atomic E-state index is 0.503. The molecule has 15 heavy (non-hydrogen) atoms. The van der Waals surface area contributed by atoms with Crippen LogP contribution in [0.1, 0.15) is 31.0 Å². The number of aromatic nitrogens is 2. The number of fused-ring (bicyclic) bond motifs is 3. The lowest BCUT2D eigenvalue weighted by molar-refractivity contribution is 0.565. The smallest absolute Gasteiger partial charge is 0.0994 e. The lowest BCUT2D eigenvalue weighted by atomic mass is 9.88. The molecule has 0 bridgehead atoms. The van der Waals surface area contributed by atoms with E-state index in [-0.39, 0.29) is 0 Å². The molecule has 1 aliphatic heterocycles. The summed E-state index contributed by atoms with van der Waals surface area (Å²) in [5, 5.41) is 0. The van der Waals surface area contributed by atoms with Gasteiger partial charge in [-0.05, 0) is 17.5 Å². The third kappa shape index (κ3) is 1.08. The van der Waals surface area contributed by atoms with Crippen molar-refractivity contribution in [3.8, 4) is 5.69 Å². The standard InChI is InChI=1S/C13H14N2/c1-9(2)13-10-5-3-4-6-11(10)15-8-14-7-12(13)15/h3-9,13H,1-2H3. The molecular weight excluding hydrogens is 184 g/mol. The van der Waals surface area contributed by atoms with Gasteiger partial charge in [0.25, 0.3) is 0 Å². The van der Waals surface area contributed by atoms with Crippen LogP contribution in [0.2, 0.25) is 0 Å². The molecule has 2 aromatic rings. The van der Waals surface area contributed by atoms with Crippen LogP contribution in [0, 0.1) is 5.92 Å². The summed E-state index contributed by atoms with van der Waals surface area (Å²) in [5.74, 6) is 1.12. The lowest BCUT2D eigenvalue weighted by Crippen LogP contribution is -2.04. The maximum Gasteiger partial charge on any atom is 0.0994 e. The fraction of sp³-hybridized carbons (Fsp3) is 0.308. The minimum Gasteiger partial charge on any atom is -0.302 e. The second kappa shape index (κ2) is 2.96. The SMILES string of the molecule is CC(C)C1c2ccccc2-n2cncc21. The molecule has 2 heterocycles. The Morgan fingerprint density at radius 1 is 1.27 bits per heavy atom. The van der Waals surface area contributed by atoms with Crippen LogP contribution in [0.5, 0.6) is 0 Å². The van der Waals surface area contributed by atoms with Crippen molar-refractivity contribution in [2.75, 3.05) is 0 Å². The first-order valence-corrected chi connectivity index (χ1v) is 5.40. The molecule has 1 aromatic heterocycles. The topological polar surface area (TPSA) is 17.8 Å². The van der Waals surface area contributed by atoms with Gasteiger partial charge in [0.05, 0.1) is 17.7 Å². The van der Waals surface area contributed by atoms with Gasteiger partial charge in [-0.3, -0.25) is 0 Å². The van der Waals surface area contributed by atoms with Crippen molar-refractivity contribution in [3.05, 3.63) is 48.0 Å². The van der Waals surface area contributed by atoms with Gasteiger partial charge in [0.15, 0.2) is 0 Å². The van der Waals surface area contributed by atoms with Crippen LogP contribution in [0.4, 0.5) is 0 Å². The number of nitrogens with zero attached hydrogens (tertiary/aromatic N) is 2. The first-order chi connectivity index (χ1) is 7.29. The van der Waals surface area contributed by atoms with E-state index in [1.165, 1.54) is 16.9 Å². The molecule has 2 nitrogen and oxygen atoms in total. The van der Waals surface area contributed by atoms with Crippen molar-refractivity contribution in [3.63, 3.8) is 0 Å². The average Bonchev–Trinajstić information content (AvgIpc) is 2.75. The molecule has 0 saturated carbocycles. The normalized spacial score (nSPS) is 17.9. The molecule has 0 saturated heterocycles. The molecule has 76 valence electrons. The summed E-state index contributed by atoms with van der Waals surface area (Å²) >= 11 is 0. The summed E-state index contributed by atoms with van der Waals surface area (Å²) in [6, 6.07) is 8.61. The third-order valence-corrected chi connectivity index (χ3v) is 3.18. The predicted octanol–water partition coefficient (Wildman–Crippen LogP) is 2.97. The molecule has 0 spiro atoms. The molecule has 0 aliphatic carbocycles. The van der Waals surface area contributed by atoms with Gasteiger partial charge in [-0.25, -0.2) is 4.98 Å². The summed E-state index contributed by atoms with van der Waals surface area (Å²) in [5.41, 5.74) is 4.06. The van der Waals surface area contributed by atoms with E-state index < -0.39 is 0 Å². The molecule has 0 fully saturated rings. The molecule has 1 aliphatic rings. The quantitative estimate of drug-likeness (QED) is 0.688. The maximum absolute atomic E-state index is 4.24. The summed E-state index contributed by atoms with van der Waals surface area (Å²) < 4.78 is 2.21. The van der Waals surface area contributed by atoms with Crippen LogP contribution in [-0.4, -0.2) is 9.55 Å². The second-order valence-corrected chi connectivity index (χ2v) is 4.47. The number of para-hydroxylation sites is 1. The Morgan fingerprint density at radius 3 is 2.87 bits per heavy atom. The highest BCUT2D eigenvalue weighted by atomic mass is 15.1. The van der Waals surface area contributed by atoms with Crippen molar-refractivity contribution >= 4 is 0 Å². The number of imidazole rings is 1. The van der Waals surface area contributed by atoms with Crippen LogP contribution in [-0.2, 0) is 0 Å². The molecular formula is C13H14N2. The zero-order chi connectivity index (χ0) is 10.4. The Bertz CT molecular complexity index is 497. The zero-order valence-electron chi connectivity index (χ0n) is 9.01. The van der Waals surface area contributed by atoms with Gasteiger partial charge in [-0.15, -0.1) is 0 Å². The zero-order valence-corrected chi connectivity index (χ0v) is 9.01. The lowest BCUT2D eigenvalue weighted by Gasteiger charge is -2.14. The van der Waals surface area contributed by atoms with Crippen molar-refractivity contribution in [1.29, 1.82) is 0 Å². The van der Waals surface area contributed by atoms with E-state index in [2.05, 4.69) is 47.7 Å². The molecule has 1 aromatic carbocycles. The molecule has 0 amide bonds. The van der Waals surface area contributed by atoms with Crippen molar-refractivity contribution in [2.24, 2.45) is 5.92 Å². The predicted molar refractivity (Wildman–Crippen MR) is 60.2 cm³/mol. The maximum atomic E-state index is 4.24. The van der Waals surface area contributed by atoms with Gasteiger partial charge in [-0.2, -0.15) is 0 Å². The van der Waals surface area contributed by atoms with Crippen LogP contribution in [0.15, 0.2) is 36.8 Å². The van der Waals surface area contributed by atoms with E-state index in [9.17, 15) is 0 Å². The average molecular weight is 198 g/mol. The number of benzene rings is 1. The fourth-order valence-electron chi connectivity index (χ4n) is 2.57.